The molecule has 0 N–H and O–H groups in total. The Labute approximate surface area is 138 Å². The summed E-state index contributed by atoms with van der Waals surface area (Å²) < 4.78 is 15.3. The predicted molar refractivity (Wildman–Crippen MR) is 84.6 cm³/mol. The smallest absolute Gasteiger partial charge is 0.319 e. The summed E-state index contributed by atoms with van der Waals surface area (Å²) in [5.41, 5.74) is 1.08. The van der Waals surface area contributed by atoms with Crippen molar-refractivity contribution in [3.8, 4) is 11.6 Å². The molecule has 124 valence electrons. The molecule has 0 unspecified atom stereocenters. The van der Waals surface area contributed by atoms with Crippen LogP contribution < -0.4 is 0 Å². The highest BCUT2D eigenvalue weighted by molar-refractivity contribution is 5.71. The lowest BCUT2D eigenvalue weighted by atomic mass is 10.2. The van der Waals surface area contributed by atoms with E-state index < -0.39 is 0 Å². The van der Waals surface area contributed by atoms with Gasteiger partial charge in [-0.3, -0.25) is 9.69 Å². The van der Waals surface area contributed by atoms with Crippen LogP contribution in [0.5, 0.6) is 0 Å². The van der Waals surface area contributed by atoms with Gasteiger partial charge in [0, 0.05) is 6.54 Å². The highest BCUT2D eigenvalue weighted by Crippen LogP contribution is 2.17. The topological polar surface area (TPSA) is 81.6 Å². The number of carbonyl (C=O) groups excluding carboxylic acids is 1. The molecule has 2 heterocycles. The maximum Gasteiger partial charge on any atom is 0.319 e. The molecule has 0 spiro atoms. The van der Waals surface area contributed by atoms with E-state index in [1.54, 1.807) is 18.4 Å². The van der Waals surface area contributed by atoms with Gasteiger partial charge in [0.05, 0.1) is 26.5 Å². The van der Waals surface area contributed by atoms with E-state index in [1.165, 1.54) is 7.11 Å². The van der Waals surface area contributed by atoms with E-state index in [0.29, 0.717) is 30.6 Å². The second kappa shape index (κ2) is 7.56. The van der Waals surface area contributed by atoms with Gasteiger partial charge in [-0.25, -0.2) is 0 Å². The lowest BCUT2D eigenvalue weighted by Gasteiger charge is -2.19. The number of benzene rings is 1. The molecule has 0 amide bonds. The van der Waals surface area contributed by atoms with Crippen LogP contribution in [0.1, 0.15) is 11.5 Å². The zero-order valence-corrected chi connectivity index (χ0v) is 13.2. The van der Waals surface area contributed by atoms with Gasteiger partial charge >= 0.3 is 5.97 Å². The zero-order chi connectivity index (χ0) is 16.8. The van der Waals surface area contributed by atoms with Gasteiger partial charge in [0.25, 0.3) is 0 Å². The molecule has 1 aromatic carbocycles. The van der Waals surface area contributed by atoms with Gasteiger partial charge in [0.2, 0.25) is 11.7 Å². The molecular weight excluding hydrogens is 310 g/mol. The fourth-order valence-electron chi connectivity index (χ4n) is 2.27. The Morgan fingerprint density at radius 2 is 2.00 bits per heavy atom. The normalized spacial score (nSPS) is 10.9. The fourth-order valence-corrected chi connectivity index (χ4v) is 2.27. The molecule has 3 rings (SSSR count). The standard InChI is InChI=1S/C17H17N3O4/c1-22-16(21)12-20(10-13-6-3-2-4-7-13)11-15-18-17(19-24-15)14-8-5-9-23-14/h2-9H,10-12H2,1H3. The van der Waals surface area contributed by atoms with Crippen LogP contribution >= 0.6 is 0 Å². The minimum absolute atomic E-state index is 0.129. The Hall–Kier alpha value is -2.93. The van der Waals surface area contributed by atoms with E-state index in [4.69, 9.17) is 13.7 Å². The molecule has 0 aliphatic heterocycles. The molecule has 2 aromatic heterocycles. The summed E-state index contributed by atoms with van der Waals surface area (Å²) in [5, 5.41) is 3.90. The van der Waals surface area contributed by atoms with Gasteiger partial charge in [-0.1, -0.05) is 35.5 Å². The van der Waals surface area contributed by atoms with Crippen molar-refractivity contribution in [1.82, 2.24) is 15.0 Å². The fraction of sp³-hybridized carbons (Fsp3) is 0.235. The number of aromatic nitrogens is 2. The number of rotatable bonds is 7. The molecule has 0 saturated carbocycles. The van der Waals surface area contributed by atoms with Crippen LogP contribution in [0.25, 0.3) is 11.6 Å². The first-order valence-corrected chi connectivity index (χ1v) is 7.44. The number of hydrogen-bond acceptors (Lipinski definition) is 7. The van der Waals surface area contributed by atoms with Crippen molar-refractivity contribution in [2.45, 2.75) is 13.1 Å². The van der Waals surface area contributed by atoms with Crippen molar-refractivity contribution in [2.24, 2.45) is 0 Å². The van der Waals surface area contributed by atoms with Gasteiger partial charge in [0.15, 0.2) is 5.76 Å². The summed E-state index contributed by atoms with van der Waals surface area (Å²) in [7, 11) is 1.37. The molecule has 3 aromatic rings. The van der Waals surface area contributed by atoms with Crippen LogP contribution in [0.15, 0.2) is 57.7 Å². The highest BCUT2D eigenvalue weighted by Gasteiger charge is 2.17. The average Bonchev–Trinajstić information content (AvgIpc) is 3.26. The van der Waals surface area contributed by atoms with Gasteiger partial charge < -0.3 is 13.7 Å². The summed E-state index contributed by atoms with van der Waals surface area (Å²) in [5.74, 6) is 0.998. The van der Waals surface area contributed by atoms with E-state index in [9.17, 15) is 4.79 Å². The minimum Gasteiger partial charge on any atom is -0.468 e. The van der Waals surface area contributed by atoms with Crippen molar-refractivity contribution in [3.63, 3.8) is 0 Å². The molecular formula is C17H17N3O4. The SMILES string of the molecule is COC(=O)CN(Cc1ccccc1)Cc1nc(-c2ccco2)no1. The van der Waals surface area contributed by atoms with E-state index in [0.717, 1.165) is 5.56 Å². The molecule has 0 aliphatic carbocycles. The van der Waals surface area contributed by atoms with Crippen molar-refractivity contribution in [1.29, 1.82) is 0 Å². The third-order valence-corrected chi connectivity index (χ3v) is 3.40. The summed E-state index contributed by atoms with van der Waals surface area (Å²) in [6.07, 6.45) is 1.55. The van der Waals surface area contributed by atoms with Crippen LogP contribution in [0, 0.1) is 0 Å². The molecule has 0 bridgehead atoms. The van der Waals surface area contributed by atoms with Crippen LogP contribution in [0.2, 0.25) is 0 Å². The van der Waals surface area contributed by atoms with E-state index in [2.05, 4.69) is 10.1 Å². The first kappa shape index (κ1) is 15.9. The van der Waals surface area contributed by atoms with Gasteiger partial charge in [0.1, 0.15) is 0 Å². The van der Waals surface area contributed by atoms with Gasteiger partial charge in [-0.15, -0.1) is 0 Å². The number of ether oxygens (including phenoxy) is 1. The number of nitrogens with zero attached hydrogens (tertiary/aromatic N) is 3. The maximum atomic E-state index is 11.6. The Morgan fingerprint density at radius 1 is 1.17 bits per heavy atom. The van der Waals surface area contributed by atoms with E-state index in [-0.39, 0.29) is 12.5 Å². The monoisotopic (exact) mass is 327 g/mol. The second-order valence-corrected chi connectivity index (χ2v) is 5.20. The number of carbonyl (C=O) groups is 1. The van der Waals surface area contributed by atoms with Crippen molar-refractivity contribution in [3.05, 3.63) is 60.2 Å². The van der Waals surface area contributed by atoms with Crippen LogP contribution in [0.3, 0.4) is 0 Å². The van der Waals surface area contributed by atoms with Crippen molar-refractivity contribution in [2.75, 3.05) is 13.7 Å². The van der Waals surface area contributed by atoms with Crippen LogP contribution in [-0.4, -0.2) is 34.7 Å². The van der Waals surface area contributed by atoms with Gasteiger partial charge in [-0.05, 0) is 17.7 Å². The van der Waals surface area contributed by atoms with Gasteiger partial charge in [-0.2, -0.15) is 4.98 Å². The Kier molecular flexibility index (Phi) is 5.02. The van der Waals surface area contributed by atoms with Crippen LogP contribution in [0.4, 0.5) is 0 Å². The third kappa shape index (κ3) is 4.08. The second-order valence-electron chi connectivity index (χ2n) is 5.20. The van der Waals surface area contributed by atoms with E-state index in [1.807, 2.05) is 35.2 Å². The summed E-state index contributed by atoms with van der Waals surface area (Å²) >= 11 is 0. The number of hydrogen-bond donors (Lipinski definition) is 0. The molecule has 0 fully saturated rings. The maximum absolute atomic E-state index is 11.6. The number of methoxy groups -OCH3 is 1. The lowest BCUT2D eigenvalue weighted by molar-refractivity contribution is -0.142. The first-order valence-electron chi connectivity index (χ1n) is 7.44. The highest BCUT2D eigenvalue weighted by atomic mass is 16.5. The van der Waals surface area contributed by atoms with Crippen molar-refractivity contribution < 1.29 is 18.5 Å². The number of furan rings is 1. The van der Waals surface area contributed by atoms with Crippen molar-refractivity contribution >= 4 is 5.97 Å². The zero-order valence-electron chi connectivity index (χ0n) is 13.2. The molecule has 0 aliphatic rings. The Morgan fingerprint density at radius 3 is 2.71 bits per heavy atom. The number of esters is 1. The quantitative estimate of drug-likeness (QED) is 0.617. The summed E-state index contributed by atoms with van der Waals surface area (Å²) in [4.78, 5) is 17.8. The molecule has 24 heavy (non-hydrogen) atoms. The Bertz CT molecular complexity index is 768. The first-order chi connectivity index (χ1) is 11.7. The lowest BCUT2D eigenvalue weighted by Crippen LogP contribution is -2.30. The average molecular weight is 327 g/mol. The summed E-state index contributed by atoms with van der Waals surface area (Å²) in [6.45, 7) is 1.02. The largest absolute Gasteiger partial charge is 0.468 e. The molecule has 0 radical (unpaired) electrons. The third-order valence-electron chi connectivity index (χ3n) is 3.40. The van der Waals surface area contributed by atoms with E-state index >= 15 is 0 Å². The molecule has 7 nitrogen and oxygen atoms in total. The summed E-state index contributed by atoms with van der Waals surface area (Å²) in [6, 6.07) is 13.3. The predicted octanol–water partition coefficient (Wildman–Crippen LogP) is 2.50. The molecule has 7 heteroatoms. The molecule has 0 saturated heterocycles. The minimum atomic E-state index is -0.322. The molecule has 0 atom stereocenters. The Balaban J connectivity index is 1.72. The van der Waals surface area contributed by atoms with Crippen LogP contribution in [-0.2, 0) is 22.6 Å².